The monoisotopic (exact) mass is 320 g/mol. The molecule has 1 rings (SSSR count). The van der Waals surface area contributed by atoms with Crippen LogP contribution in [0.5, 0.6) is 0 Å². The third-order valence-corrected chi connectivity index (χ3v) is 5.13. The quantitative estimate of drug-likeness (QED) is 0.776. The van der Waals surface area contributed by atoms with E-state index in [1.807, 2.05) is 0 Å². The Labute approximate surface area is 120 Å². The van der Waals surface area contributed by atoms with Gasteiger partial charge in [-0.1, -0.05) is 6.92 Å². The van der Waals surface area contributed by atoms with Gasteiger partial charge in [0.05, 0.1) is 10.6 Å². The molecule has 0 saturated carbocycles. The van der Waals surface area contributed by atoms with Crippen LogP contribution in [0, 0.1) is 0 Å². The van der Waals surface area contributed by atoms with Crippen LogP contribution in [-0.2, 0) is 19.9 Å². The fourth-order valence-corrected chi connectivity index (χ4v) is 3.82. The van der Waals surface area contributed by atoms with E-state index in [0.717, 1.165) is 0 Å². The van der Waals surface area contributed by atoms with Gasteiger partial charge in [-0.3, -0.25) is 0 Å². The first-order chi connectivity index (χ1) is 9.14. The molecular formula is C12H20N2O4S2. The molecule has 0 spiro atoms. The number of sulfone groups is 1. The van der Waals surface area contributed by atoms with E-state index >= 15 is 0 Å². The predicted octanol–water partition coefficient (Wildman–Crippen LogP) is 0.830. The van der Waals surface area contributed by atoms with E-state index in [9.17, 15) is 16.8 Å². The second kappa shape index (κ2) is 6.55. The molecule has 0 saturated heterocycles. The molecule has 0 bridgehead atoms. The van der Waals surface area contributed by atoms with Gasteiger partial charge in [0.1, 0.15) is 9.84 Å². The molecule has 0 amide bonds. The molecule has 1 atom stereocenters. The Morgan fingerprint density at radius 1 is 1.10 bits per heavy atom. The average Bonchev–Trinajstić information content (AvgIpc) is 2.26. The van der Waals surface area contributed by atoms with Crippen LogP contribution < -0.4 is 10.0 Å². The number of hydrogen-bond acceptors (Lipinski definition) is 5. The van der Waals surface area contributed by atoms with Gasteiger partial charge < -0.3 is 5.32 Å². The van der Waals surface area contributed by atoms with Crippen molar-refractivity contribution in [3.63, 3.8) is 0 Å². The highest BCUT2D eigenvalue weighted by Gasteiger charge is 2.13. The zero-order valence-corrected chi connectivity index (χ0v) is 13.4. The summed E-state index contributed by atoms with van der Waals surface area (Å²) in [5.74, 6) is 0.0183. The number of rotatable bonds is 7. The molecule has 0 aromatic heterocycles. The molecule has 0 aliphatic carbocycles. The molecule has 0 aliphatic rings. The molecule has 1 unspecified atom stereocenters. The molecule has 6 nitrogen and oxygen atoms in total. The molecule has 1 aromatic carbocycles. The maximum atomic E-state index is 11.7. The van der Waals surface area contributed by atoms with Gasteiger partial charge in [-0.25, -0.2) is 21.6 Å². The third-order valence-electron chi connectivity index (χ3n) is 2.46. The summed E-state index contributed by atoms with van der Waals surface area (Å²) in [5.41, 5.74) is 0.677. The van der Waals surface area contributed by atoms with Gasteiger partial charge in [-0.15, -0.1) is 0 Å². The second-order valence-corrected chi connectivity index (χ2v) is 8.62. The van der Waals surface area contributed by atoms with Crippen LogP contribution in [0.15, 0.2) is 29.2 Å². The van der Waals surface area contributed by atoms with Crippen molar-refractivity contribution in [3.05, 3.63) is 24.3 Å². The topological polar surface area (TPSA) is 92.3 Å². The zero-order chi connectivity index (χ0) is 15.4. The van der Waals surface area contributed by atoms with Crippen molar-refractivity contribution in [2.75, 3.05) is 23.9 Å². The van der Waals surface area contributed by atoms with Gasteiger partial charge in [0.2, 0.25) is 10.0 Å². The number of hydrogen-bond donors (Lipinski definition) is 2. The minimum atomic E-state index is -3.46. The molecular weight excluding hydrogens is 300 g/mol. The van der Waals surface area contributed by atoms with E-state index in [1.165, 1.54) is 18.4 Å². The van der Waals surface area contributed by atoms with E-state index in [-0.39, 0.29) is 16.7 Å². The Morgan fingerprint density at radius 2 is 1.65 bits per heavy atom. The second-order valence-electron chi connectivity index (χ2n) is 4.66. The largest absolute Gasteiger partial charge is 0.382 e. The molecule has 0 heterocycles. The minimum Gasteiger partial charge on any atom is -0.382 e. The average molecular weight is 320 g/mol. The maximum Gasteiger partial charge on any atom is 0.240 e. The van der Waals surface area contributed by atoms with Crippen molar-refractivity contribution >= 4 is 25.5 Å². The molecule has 0 fully saturated rings. The van der Waals surface area contributed by atoms with Gasteiger partial charge >= 0.3 is 0 Å². The SMILES string of the molecule is CCNS(=O)(=O)c1ccc(NC(C)CS(C)(=O)=O)cc1. The maximum absolute atomic E-state index is 11.7. The Morgan fingerprint density at radius 3 is 2.10 bits per heavy atom. The van der Waals surface area contributed by atoms with Crippen molar-refractivity contribution in [2.45, 2.75) is 24.8 Å². The highest BCUT2D eigenvalue weighted by atomic mass is 32.2. The molecule has 0 radical (unpaired) electrons. The Hall–Kier alpha value is -1.12. The van der Waals surface area contributed by atoms with E-state index < -0.39 is 19.9 Å². The van der Waals surface area contributed by atoms with Gasteiger partial charge in [0.25, 0.3) is 0 Å². The Bertz CT molecular complexity index is 637. The number of nitrogens with one attached hydrogen (secondary N) is 2. The summed E-state index contributed by atoms with van der Waals surface area (Å²) in [6, 6.07) is 5.94. The van der Waals surface area contributed by atoms with Gasteiger partial charge in [-0.05, 0) is 31.2 Å². The summed E-state index contributed by atoms with van der Waals surface area (Å²) in [5, 5.41) is 3.01. The predicted molar refractivity (Wildman–Crippen MR) is 80.1 cm³/mol. The van der Waals surface area contributed by atoms with Crippen LogP contribution in [0.1, 0.15) is 13.8 Å². The summed E-state index contributed by atoms with van der Waals surface area (Å²) >= 11 is 0. The Kier molecular flexibility index (Phi) is 5.55. The summed E-state index contributed by atoms with van der Waals surface area (Å²) in [6.45, 7) is 3.79. The minimum absolute atomic E-state index is 0.0183. The first-order valence-electron chi connectivity index (χ1n) is 6.18. The highest BCUT2D eigenvalue weighted by molar-refractivity contribution is 7.90. The third kappa shape index (κ3) is 5.48. The van der Waals surface area contributed by atoms with Crippen LogP contribution in [0.3, 0.4) is 0 Å². The Balaban J connectivity index is 2.77. The highest BCUT2D eigenvalue weighted by Crippen LogP contribution is 2.15. The number of benzene rings is 1. The lowest BCUT2D eigenvalue weighted by Crippen LogP contribution is -2.25. The summed E-state index contributed by atoms with van der Waals surface area (Å²) in [7, 11) is -6.51. The summed E-state index contributed by atoms with van der Waals surface area (Å²) in [6.07, 6.45) is 1.18. The van der Waals surface area contributed by atoms with E-state index in [1.54, 1.807) is 26.0 Å². The van der Waals surface area contributed by atoms with Gasteiger partial charge in [0.15, 0.2) is 0 Å². The normalized spacial score (nSPS) is 13.9. The number of anilines is 1. The molecule has 0 aliphatic heterocycles. The van der Waals surface area contributed by atoms with E-state index in [2.05, 4.69) is 10.0 Å². The van der Waals surface area contributed by atoms with Gasteiger partial charge in [0, 0.05) is 24.5 Å². The lowest BCUT2D eigenvalue weighted by Gasteiger charge is -2.14. The molecule has 114 valence electrons. The summed E-state index contributed by atoms with van der Waals surface area (Å²) < 4.78 is 48.2. The van der Waals surface area contributed by atoms with Gasteiger partial charge in [-0.2, -0.15) is 0 Å². The lowest BCUT2D eigenvalue weighted by atomic mass is 10.3. The summed E-state index contributed by atoms with van der Waals surface area (Å²) in [4.78, 5) is 0.181. The molecule has 20 heavy (non-hydrogen) atoms. The zero-order valence-electron chi connectivity index (χ0n) is 11.8. The van der Waals surface area contributed by atoms with Crippen molar-refractivity contribution in [1.82, 2.24) is 4.72 Å². The standard InChI is InChI=1S/C12H20N2O4S2/c1-4-13-20(17,18)12-7-5-11(6-8-12)14-10(2)9-19(3,15)16/h5-8,10,13-14H,4,9H2,1-3H3. The smallest absolute Gasteiger partial charge is 0.240 e. The van der Waals surface area contributed by atoms with Crippen molar-refractivity contribution in [2.24, 2.45) is 0 Å². The first kappa shape index (κ1) is 16.9. The van der Waals surface area contributed by atoms with Crippen molar-refractivity contribution in [1.29, 1.82) is 0 Å². The van der Waals surface area contributed by atoms with Crippen LogP contribution in [0.4, 0.5) is 5.69 Å². The van der Waals surface area contributed by atoms with Crippen LogP contribution in [0.2, 0.25) is 0 Å². The fourth-order valence-electron chi connectivity index (χ4n) is 1.78. The van der Waals surface area contributed by atoms with E-state index in [4.69, 9.17) is 0 Å². The van der Waals surface area contributed by atoms with Crippen LogP contribution in [-0.4, -0.2) is 41.4 Å². The number of sulfonamides is 1. The van der Waals surface area contributed by atoms with Crippen molar-refractivity contribution in [3.8, 4) is 0 Å². The van der Waals surface area contributed by atoms with Crippen molar-refractivity contribution < 1.29 is 16.8 Å². The molecule has 1 aromatic rings. The lowest BCUT2D eigenvalue weighted by molar-refractivity contribution is 0.584. The van der Waals surface area contributed by atoms with Crippen LogP contribution >= 0.6 is 0 Å². The first-order valence-corrected chi connectivity index (χ1v) is 9.72. The fraction of sp³-hybridized carbons (Fsp3) is 0.500. The van der Waals surface area contributed by atoms with Crippen LogP contribution in [0.25, 0.3) is 0 Å². The molecule has 8 heteroatoms. The molecule has 2 N–H and O–H groups in total. The van der Waals surface area contributed by atoms with E-state index in [0.29, 0.717) is 12.2 Å².